The van der Waals surface area contributed by atoms with Gasteiger partial charge in [-0.1, -0.05) is 16.9 Å². The molecule has 0 radical (unpaired) electrons. The number of aromatic nitrogens is 3. The van der Waals surface area contributed by atoms with Crippen molar-refractivity contribution in [1.82, 2.24) is 24.6 Å². The van der Waals surface area contributed by atoms with E-state index in [2.05, 4.69) is 24.8 Å². The van der Waals surface area contributed by atoms with Crippen molar-refractivity contribution in [2.45, 2.75) is 42.8 Å². The fraction of sp³-hybridized carbons (Fsp3) is 0.455. The van der Waals surface area contributed by atoms with Crippen LogP contribution >= 0.6 is 34.6 Å². The number of amides is 2. The molecule has 15 nitrogen and oxygen atoms in total. The number of thiazole rings is 1. The molecule has 0 aliphatic carbocycles. The van der Waals surface area contributed by atoms with E-state index in [0.29, 0.717) is 15.7 Å². The summed E-state index contributed by atoms with van der Waals surface area (Å²) in [7, 11) is -0.451. The Morgan fingerprint density at radius 3 is 2.76 bits per heavy atom. The van der Waals surface area contributed by atoms with Gasteiger partial charge in [0.15, 0.2) is 10.1 Å². The van der Waals surface area contributed by atoms with Gasteiger partial charge in [0.2, 0.25) is 6.29 Å². The van der Waals surface area contributed by atoms with Gasteiger partial charge in [-0.2, -0.15) is 4.37 Å². The molecule has 1 fully saturated rings. The van der Waals surface area contributed by atoms with E-state index in [-0.39, 0.29) is 35.2 Å². The smallest absolute Gasteiger partial charge is 0.435 e. The number of oxime groups is 1. The maximum Gasteiger partial charge on any atom is 0.511 e. The Morgan fingerprint density at radius 2 is 2.12 bits per heavy atom. The maximum absolute atomic E-state index is 13.3. The first-order valence-electron chi connectivity index (χ1n) is 11.8. The van der Waals surface area contributed by atoms with Gasteiger partial charge < -0.3 is 24.4 Å². The van der Waals surface area contributed by atoms with Crippen molar-refractivity contribution in [2.75, 3.05) is 25.2 Å². The number of carbonyl (C=O) groups is 4. The summed E-state index contributed by atoms with van der Waals surface area (Å²) >= 11 is 3.64. The molecular weight excluding hydrogens is 621 g/mol. The van der Waals surface area contributed by atoms with E-state index in [1.54, 1.807) is 19.2 Å². The minimum atomic E-state index is -1.70. The quantitative estimate of drug-likeness (QED) is 0.0918. The van der Waals surface area contributed by atoms with Crippen molar-refractivity contribution in [3.63, 3.8) is 0 Å². The Morgan fingerprint density at radius 1 is 1.34 bits per heavy atom. The number of β-lactam (4-membered cyclic amide) rings is 1. The largest absolute Gasteiger partial charge is 0.511 e. The Kier molecular flexibility index (Phi) is 10.1. The number of nitrogens with zero attached hydrogens (tertiary/aromatic N) is 5. The van der Waals surface area contributed by atoms with E-state index in [1.807, 2.05) is 0 Å². The second-order valence-corrected chi connectivity index (χ2v) is 12.4. The fourth-order valence-corrected chi connectivity index (χ4v) is 7.80. The van der Waals surface area contributed by atoms with Crippen molar-refractivity contribution < 1.29 is 42.4 Å². The average Bonchev–Trinajstić information content (AvgIpc) is 3.60. The molecule has 2 aliphatic rings. The van der Waals surface area contributed by atoms with Gasteiger partial charge >= 0.3 is 12.1 Å². The number of nitrogens with one attached hydrogen (secondary N) is 1. The van der Waals surface area contributed by atoms with Crippen molar-refractivity contribution in [1.29, 1.82) is 0 Å². The normalized spacial score (nSPS) is 21.0. The Balaban J connectivity index is 1.57. The predicted molar refractivity (Wildman–Crippen MR) is 147 cm³/mol. The van der Waals surface area contributed by atoms with Gasteiger partial charge in [-0.25, -0.2) is 19.6 Å². The molecule has 0 saturated carbocycles. The molecule has 41 heavy (non-hydrogen) atoms. The summed E-state index contributed by atoms with van der Waals surface area (Å²) in [6, 6.07) is -1.22. The van der Waals surface area contributed by atoms with Crippen molar-refractivity contribution >= 4 is 75.1 Å². The molecule has 2 aromatic heterocycles. The first-order chi connectivity index (χ1) is 19.6. The number of carbonyl (C=O) groups excluding carboxylic acids is 4. The van der Waals surface area contributed by atoms with Crippen LogP contribution in [0.25, 0.3) is 0 Å². The molecule has 220 valence electrons. The molecule has 0 aromatic carbocycles. The highest BCUT2D eigenvalue weighted by Crippen LogP contribution is 2.37. The third kappa shape index (κ3) is 6.91. The molecule has 0 spiro atoms. The summed E-state index contributed by atoms with van der Waals surface area (Å²) < 4.78 is 33.0. The summed E-state index contributed by atoms with van der Waals surface area (Å²) in [5.74, 6) is -1.80. The highest BCUT2D eigenvalue weighted by Gasteiger charge is 2.57. The van der Waals surface area contributed by atoms with Gasteiger partial charge in [0, 0.05) is 18.1 Å². The molecule has 2 aliphatic heterocycles. The molecule has 19 heteroatoms. The van der Waals surface area contributed by atoms with Crippen molar-refractivity contribution in [2.24, 2.45) is 5.16 Å². The average molecular weight is 645 g/mol. The van der Waals surface area contributed by atoms with E-state index >= 15 is 0 Å². The van der Waals surface area contributed by atoms with Gasteiger partial charge in [-0.3, -0.25) is 18.7 Å². The lowest BCUT2D eigenvalue weighted by atomic mass is 10.0. The molecule has 1 saturated heterocycles. The van der Waals surface area contributed by atoms with Crippen molar-refractivity contribution in [3.8, 4) is 0 Å². The monoisotopic (exact) mass is 644 g/mol. The molecule has 2 aromatic rings. The molecule has 4 atom stereocenters. The second-order valence-electron chi connectivity index (χ2n) is 8.19. The van der Waals surface area contributed by atoms with E-state index in [0.717, 1.165) is 16.4 Å². The van der Waals surface area contributed by atoms with Crippen LogP contribution in [0.3, 0.4) is 0 Å². The highest BCUT2D eigenvalue weighted by molar-refractivity contribution is 8.01. The molecule has 0 bridgehead atoms. The van der Waals surface area contributed by atoms with Crippen LogP contribution in [0, 0.1) is 6.92 Å². The number of aryl methyl sites for hydroxylation is 1. The first kappa shape index (κ1) is 30.5. The van der Waals surface area contributed by atoms with Crippen LogP contribution in [0.2, 0.25) is 0 Å². The third-order valence-corrected chi connectivity index (χ3v) is 9.69. The SMILES string of the molecule is CCOC(=O)OC(C)OC(=O)C1=C(CSc2nc(C)ns2)CS(=O)[C@@H]2C(NC(=O)/C(=N/OC)c3cscn3)C(=O)N12. The Bertz CT molecular complexity index is 1410. The molecule has 4 heterocycles. The van der Waals surface area contributed by atoms with Gasteiger partial charge in [-0.15, -0.1) is 11.3 Å². The molecule has 2 amide bonds. The summed E-state index contributed by atoms with van der Waals surface area (Å²) in [6.07, 6.45) is -2.39. The van der Waals surface area contributed by atoms with Gasteiger partial charge in [-0.05, 0) is 31.0 Å². The van der Waals surface area contributed by atoms with E-state index in [4.69, 9.17) is 19.0 Å². The lowest BCUT2D eigenvalue weighted by Gasteiger charge is -2.49. The van der Waals surface area contributed by atoms with Crippen LogP contribution in [0.5, 0.6) is 0 Å². The number of esters is 1. The zero-order chi connectivity index (χ0) is 29.7. The van der Waals surface area contributed by atoms with Crippen molar-refractivity contribution in [3.05, 3.63) is 33.7 Å². The zero-order valence-corrected chi connectivity index (χ0v) is 25.3. The minimum Gasteiger partial charge on any atom is -0.435 e. The first-order valence-corrected chi connectivity index (χ1v) is 15.9. The van der Waals surface area contributed by atoms with E-state index in [1.165, 1.54) is 42.6 Å². The summed E-state index contributed by atoms with van der Waals surface area (Å²) in [6.45, 7) is 4.68. The lowest BCUT2D eigenvalue weighted by molar-refractivity contribution is -0.169. The van der Waals surface area contributed by atoms with E-state index < -0.39 is 52.4 Å². The standard InChI is InChI=1S/C22H24N6O9S4/c1-5-35-22(32)37-11(3)36-20(31)16-12(6-39-21-24-10(2)27-40-21)8-41(33)19-15(18(30)28(16)19)25-17(29)14(26-34-4)13-7-38-9-23-13/h7,9,11,15,19H,5-6,8H2,1-4H3,(H,25,29)/b26-14+/t11?,15?,19-,41?/m1/s1. The van der Waals surface area contributed by atoms with Crippen LogP contribution in [-0.4, -0.2) is 96.0 Å². The molecular formula is C22H24N6O9S4. The lowest BCUT2D eigenvalue weighted by Crippen LogP contribution is -2.74. The number of hydrogen-bond donors (Lipinski definition) is 1. The Labute approximate surface area is 248 Å². The molecule has 4 rings (SSSR count). The summed E-state index contributed by atoms with van der Waals surface area (Å²) in [5.41, 5.74) is 1.76. The Hall–Kier alpha value is -3.42. The number of rotatable bonds is 11. The number of hydrogen-bond acceptors (Lipinski definition) is 16. The van der Waals surface area contributed by atoms with Crippen LogP contribution in [0.1, 0.15) is 25.4 Å². The predicted octanol–water partition coefficient (Wildman–Crippen LogP) is 1.18. The van der Waals surface area contributed by atoms with Crippen LogP contribution in [-0.2, 0) is 44.2 Å². The minimum absolute atomic E-state index is 0.0548. The van der Waals surface area contributed by atoms with Crippen LogP contribution in [0.4, 0.5) is 4.79 Å². The third-order valence-electron chi connectivity index (χ3n) is 5.43. The topological polar surface area (TPSA) is 189 Å². The summed E-state index contributed by atoms with van der Waals surface area (Å²) in [4.78, 5) is 65.4. The van der Waals surface area contributed by atoms with Gasteiger partial charge in [0.05, 0.1) is 28.7 Å². The van der Waals surface area contributed by atoms with Crippen LogP contribution in [0.15, 0.2) is 31.7 Å². The number of ether oxygens (including phenoxy) is 3. The van der Waals surface area contributed by atoms with Gasteiger partial charge in [0.25, 0.3) is 11.8 Å². The van der Waals surface area contributed by atoms with Gasteiger partial charge in [0.1, 0.15) is 35.7 Å². The maximum atomic E-state index is 13.3. The highest BCUT2D eigenvalue weighted by atomic mass is 32.2. The second kappa shape index (κ2) is 13.5. The zero-order valence-electron chi connectivity index (χ0n) is 22.1. The number of fused-ring (bicyclic) bond motifs is 1. The molecule has 3 unspecified atom stereocenters. The van der Waals surface area contributed by atoms with Crippen LogP contribution < -0.4 is 5.32 Å². The summed E-state index contributed by atoms with van der Waals surface area (Å²) in [5, 5.41) is 6.75. The van der Waals surface area contributed by atoms with E-state index in [9.17, 15) is 23.4 Å². The molecule has 1 N–H and O–H groups in total. The fourth-order valence-electron chi connectivity index (χ4n) is 3.79. The number of thioether (sulfide) groups is 1.